The molecule has 0 unspecified atom stereocenters. The van der Waals surface area contributed by atoms with E-state index in [0.717, 1.165) is 83.3 Å². The highest BCUT2D eigenvalue weighted by atomic mass is 79.9. The first kappa shape index (κ1) is 52.3. The van der Waals surface area contributed by atoms with Gasteiger partial charge >= 0.3 is 17.1 Å². The molecule has 15 nitrogen and oxygen atoms in total. The predicted molar refractivity (Wildman–Crippen MR) is 285 cm³/mol. The van der Waals surface area contributed by atoms with E-state index >= 15 is 0 Å². The van der Waals surface area contributed by atoms with E-state index < -0.39 is 49.3 Å². The zero-order valence-electron chi connectivity index (χ0n) is 40.7. The Balaban J connectivity index is 0.000000130. The molecule has 0 spiro atoms. The Morgan fingerprint density at radius 3 is 1.41 bits per heavy atom. The average molecular weight is 1090 g/mol. The van der Waals surface area contributed by atoms with Crippen molar-refractivity contribution in [3.63, 3.8) is 0 Å². The molecule has 3 fully saturated rings. The lowest BCUT2D eigenvalue weighted by atomic mass is 10.1. The highest BCUT2D eigenvalue weighted by Gasteiger charge is 2.32. The van der Waals surface area contributed by atoms with Gasteiger partial charge in [0.25, 0.3) is 0 Å². The minimum atomic E-state index is -0.814. The van der Waals surface area contributed by atoms with Crippen LogP contribution in [0.25, 0.3) is 33.8 Å². The van der Waals surface area contributed by atoms with Crippen LogP contribution in [0.4, 0.5) is 30.2 Å². The Kier molecular flexibility index (Phi) is 16.3. The van der Waals surface area contributed by atoms with Gasteiger partial charge in [0.2, 0.25) is 17.5 Å². The fourth-order valence-electron chi connectivity index (χ4n) is 8.79. The van der Waals surface area contributed by atoms with Crippen molar-refractivity contribution in [1.82, 2.24) is 29.1 Å². The van der Waals surface area contributed by atoms with Crippen LogP contribution in [0.5, 0.6) is 0 Å². The van der Waals surface area contributed by atoms with Gasteiger partial charge < -0.3 is 14.1 Å². The molecule has 1 N–H and O–H groups in total. The lowest BCUT2D eigenvalue weighted by molar-refractivity contribution is -0.387. The first-order valence-corrected chi connectivity index (χ1v) is 25.6. The van der Waals surface area contributed by atoms with Crippen molar-refractivity contribution in [1.29, 1.82) is 0 Å². The van der Waals surface area contributed by atoms with Crippen molar-refractivity contribution >= 4 is 33.0 Å². The SMILES string of the molecule is O=[N+]([O-])c1ccc(CBr)cc1F.O=[N+]([O-])c1ccc(Cn2cnc(-c3ccccc3)c2C2CC2)cc1F.O=[N+]([O-])c1ccc(Cn2cnc(C3CC3)c2-c2ccccc2)cc1F.c1ccc(-c2nc[nH]c2C2CC2)cc1. The third-order valence-electron chi connectivity index (χ3n) is 13.0. The van der Waals surface area contributed by atoms with Gasteiger partial charge in [-0.15, -0.1) is 0 Å². The molecule has 6 aromatic carbocycles. The summed E-state index contributed by atoms with van der Waals surface area (Å²) in [5.41, 5.74) is 10.6. The Morgan fingerprint density at radius 1 is 0.513 bits per heavy atom. The third-order valence-corrected chi connectivity index (χ3v) is 13.6. The fraction of sp³-hybridized carbons (Fsp3) is 0.211. The van der Waals surface area contributed by atoms with E-state index in [-0.39, 0.29) is 0 Å². The number of nitro groups is 3. The third kappa shape index (κ3) is 12.8. The summed E-state index contributed by atoms with van der Waals surface area (Å²) in [4.78, 5) is 46.3. The van der Waals surface area contributed by atoms with E-state index in [1.54, 1.807) is 31.1 Å². The lowest BCUT2D eigenvalue weighted by Crippen LogP contribution is -2.04. The predicted octanol–water partition coefficient (Wildman–Crippen LogP) is 14.6. The van der Waals surface area contributed by atoms with Gasteiger partial charge in [-0.2, -0.15) is 13.2 Å². The van der Waals surface area contributed by atoms with E-state index in [1.807, 2.05) is 75.9 Å². The van der Waals surface area contributed by atoms with Crippen LogP contribution in [0.2, 0.25) is 0 Å². The first-order valence-electron chi connectivity index (χ1n) is 24.5. The molecule has 3 heterocycles. The molecule has 0 saturated heterocycles. The zero-order chi connectivity index (χ0) is 53.3. The zero-order valence-corrected chi connectivity index (χ0v) is 42.3. The van der Waals surface area contributed by atoms with Crippen LogP contribution < -0.4 is 0 Å². The molecular formula is C57H49BrF3N9O6. The Morgan fingerprint density at radius 2 is 0.947 bits per heavy atom. The van der Waals surface area contributed by atoms with E-state index in [2.05, 4.69) is 60.1 Å². The molecule has 19 heteroatoms. The van der Waals surface area contributed by atoms with Gasteiger partial charge in [-0.1, -0.05) is 125 Å². The van der Waals surface area contributed by atoms with Crippen molar-refractivity contribution in [3.8, 4) is 33.8 Å². The Hall–Kier alpha value is -8.58. The summed E-state index contributed by atoms with van der Waals surface area (Å²) in [6.45, 7) is 0.861. The van der Waals surface area contributed by atoms with Crippen LogP contribution in [0.15, 0.2) is 165 Å². The van der Waals surface area contributed by atoms with Gasteiger partial charge in [-0.25, -0.2) is 15.0 Å². The number of imidazole rings is 3. The van der Waals surface area contributed by atoms with Gasteiger partial charge in [0, 0.05) is 82.5 Å². The second-order valence-corrected chi connectivity index (χ2v) is 19.1. The van der Waals surface area contributed by atoms with Crippen LogP contribution >= 0.6 is 15.9 Å². The van der Waals surface area contributed by atoms with E-state index in [0.29, 0.717) is 46.9 Å². The number of nitro benzene ring substituents is 3. The summed E-state index contributed by atoms with van der Waals surface area (Å²) in [6, 6.07) is 42.3. The number of H-pyrrole nitrogens is 1. The second-order valence-electron chi connectivity index (χ2n) is 18.6. The second kappa shape index (κ2) is 23.7. The number of halogens is 4. The van der Waals surface area contributed by atoms with Crippen molar-refractivity contribution < 1.29 is 27.9 Å². The minimum Gasteiger partial charge on any atom is -0.348 e. The van der Waals surface area contributed by atoms with Gasteiger partial charge in [0.15, 0.2) is 0 Å². The van der Waals surface area contributed by atoms with Crippen molar-refractivity contribution in [2.45, 2.75) is 74.7 Å². The summed E-state index contributed by atoms with van der Waals surface area (Å²) in [7, 11) is 0. The lowest BCUT2D eigenvalue weighted by Gasteiger charge is -2.11. The summed E-state index contributed by atoms with van der Waals surface area (Å²) in [5.74, 6) is -0.722. The molecule has 12 rings (SSSR count). The summed E-state index contributed by atoms with van der Waals surface area (Å²) in [5, 5.41) is 32.2. The van der Waals surface area contributed by atoms with E-state index in [9.17, 15) is 43.5 Å². The van der Waals surface area contributed by atoms with Crippen molar-refractivity contribution in [3.05, 3.63) is 246 Å². The molecule has 76 heavy (non-hydrogen) atoms. The summed E-state index contributed by atoms with van der Waals surface area (Å²) < 4.78 is 44.6. The molecule has 0 radical (unpaired) electrons. The number of hydrogen-bond donors (Lipinski definition) is 1. The molecule has 0 amide bonds. The summed E-state index contributed by atoms with van der Waals surface area (Å²) >= 11 is 3.12. The van der Waals surface area contributed by atoms with Crippen molar-refractivity contribution in [2.24, 2.45) is 0 Å². The van der Waals surface area contributed by atoms with E-state index in [1.165, 1.54) is 54.4 Å². The maximum absolute atomic E-state index is 13.9. The monoisotopic (exact) mass is 1090 g/mol. The highest BCUT2D eigenvalue weighted by molar-refractivity contribution is 9.08. The number of aromatic amines is 1. The van der Waals surface area contributed by atoms with Crippen LogP contribution in [0, 0.1) is 47.8 Å². The van der Waals surface area contributed by atoms with Crippen molar-refractivity contribution in [2.75, 3.05) is 0 Å². The van der Waals surface area contributed by atoms with Gasteiger partial charge in [0.05, 0.1) is 56.5 Å². The number of benzene rings is 6. The maximum atomic E-state index is 13.9. The molecular weight excluding hydrogens is 1040 g/mol. The highest BCUT2D eigenvalue weighted by Crippen LogP contribution is 2.46. The molecule has 9 aromatic rings. The first-order chi connectivity index (χ1) is 36.9. The molecule has 0 bridgehead atoms. The molecule has 386 valence electrons. The molecule has 3 aliphatic rings. The molecule has 0 aliphatic heterocycles. The van der Waals surface area contributed by atoms with E-state index in [4.69, 9.17) is 0 Å². The van der Waals surface area contributed by atoms with Crippen LogP contribution in [-0.4, -0.2) is 43.8 Å². The maximum Gasteiger partial charge on any atom is 0.304 e. The smallest absolute Gasteiger partial charge is 0.304 e. The fourth-order valence-corrected chi connectivity index (χ4v) is 9.13. The largest absolute Gasteiger partial charge is 0.348 e. The van der Waals surface area contributed by atoms with Crippen LogP contribution in [-0.2, 0) is 18.4 Å². The number of rotatable bonds is 14. The molecule has 3 aromatic heterocycles. The minimum absolute atomic E-state index is 0.416. The summed E-state index contributed by atoms with van der Waals surface area (Å²) in [6.07, 6.45) is 12.5. The van der Waals surface area contributed by atoms with Gasteiger partial charge in [-0.05, 0) is 73.4 Å². The molecule has 3 aliphatic carbocycles. The number of hydrogen-bond acceptors (Lipinski definition) is 9. The Labute approximate surface area is 442 Å². The number of nitrogens with zero attached hydrogens (tertiary/aromatic N) is 8. The average Bonchev–Trinajstić information content (AvgIpc) is 4.40. The van der Waals surface area contributed by atoms with Gasteiger partial charge in [0.1, 0.15) is 0 Å². The molecule has 0 atom stereocenters. The normalized spacial score (nSPS) is 13.5. The Bertz CT molecular complexity index is 3490. The standard InChI is InChI=1S/2C19H16FN3O2.C12H12N2.C7H5BrFNO2/c20-16-10-13(6-9-17(16)23(24)25)11-22-12-21-18(14-7-8-14)19(22)15-4-2-1-3-5-15;20-16-10-13(6-9-17(16)23(24)25)11-22-12-21-18(19(22)15-7-8-15)14-4-2-1-3-5-14;1-2-4-9(5-3-1)11-12(10-6-7-10)14-8-13-11;8-4-5-1-2-7(10(11)12)6(9)3-5/h1-6,9-10,12,14H,7-8,11H2;1-6,9-10,12,15H,7-8,11H2;1-5,8,10H,6-7H2,(H,13,14);1-3H,4H2. The van der Waals surface area contributed by atoms with Crippen LogP contribution in [0.1, 0.15) is 90.1 Å². The topological polar surface area (TPSA) is 194 Å². The quantitative estimate of drug-likeness (QED) is 0.0626. The number of alkyl halides is 1. The van der Waals surface area contributed by atoms with Gasteiger partial charge in [-0.3, -0.25) is 30.3 Å². The van der Waals surface area contributed by atoms with Crippen LogP contribution in [0.3, 0.4) is 0 Å². The number of nitrogens with one attached hydrogen (secondary N) is 1. The number of aromatic nitrogens is 6. The molecule has 3 saturated carbocycles.